The second-order valence-corrected chi connectivity index (χ2v) is 1.41. The molecule has 0 saturated carbocycles. The molecule has 0 aromatic heterocycles. The average Bonchev–Trinajstić information content (AvgIpc) is 1.98. The summed E-state index contributed by atoms with van der Waals surface area (Å²) in [6, 6.07) is 0. The summed E-state index contributed by atoms with van der Waals surface area (Å²) in [5, 5.41) is 0. The normalized spacial score (nSPS) is 7.40. The van der Waals surface area contributed by atoms with Crippen LogP contribution in [-0.2, 0) is 9.47 Å². The maximum Gasteiger partial charge on any atom is 0.508 e. The molecule has 0 aliphatic rings. The second kappa shape index (κ2) is 5.96. The van der Waals surface area contributed by atoms with Crippen LogP contribution in [0.15, 0.2) is 0 Å². The number of carbonyl (C=O) groups excluding carboxylic acids is 1. The van der Waals surface area contributed by atoms with Crippen molar-refractivity contribution in [2.24, 2.45) is 0 Å². The summed E-state index contributed by atoms with van der Waals surface area (Å²) >= 11 is 0. The summed E-state index contributed by atoms with van der Waals surface area (Å²) in [6.45, 7) is 3.55. The van der Waals surface area contributed by atoms with E-state index in [9.17, 15) is 4.79 Å². The predicted molar refractivity (Wildman–Crippen MR) is 36.1 cm³/mol. The Morgan fingerprint density at radius 1 is 1.70 bits per heavy atom. The monoisotopic (exact) mass is 141 g/mol. The van der Waals surface area contributed by atoms with Crippen molar-refractivity contribution in [2.45, 2.75) is 6.42 Å². The number of ether oxygens (including phenoxy) is 2. The van der Waals surface area contributed by atoms with Crippen molar-refractivity contribution in [1.82, 2.24) is 0 Å². The summed E-state index contributed by atoms with van der Waals surface area (Å²) in [4.78, 5) is 10.3. The van der Waals surface area contributed by atoms with Crippen molar-refractivity contribution >= 4 is 6.16 Å². The molecule has 0 aliphatic heterocycles. The maximum atomic E-state index is 10.3. The van der Waals surface area contributed by atoms with Crippen molar-refractivity contribution in [3.8, 4) is 11.8 Å². The molecule has 0 aromatic rings. The van der Waals surface area contributed by atoms with Crippen molar-refractivity contribution in [1.29, 1.82) is 0 Å². The van der Waals surface area contributed by atoms with Crippen LogP contribution in [0.5, 0.6) is 0 Å². The van der Waals surface area contributed by atoms with E-state index in [0.717, 1.165) is 0 Å². The molecule has 0 heterocycles. The molecule has 0 spiro atoms. The van der Waals surface area contributed by atoms with Gasteiger partial charge in [0, 0.05) is 13.3 Å². The average molecular weight is 141 g/mol. The molecule has 0 rings (SSSR count). The Balaban J connectivity index is 3.17. The highest BCUT2D eigenvalue weighted by atomic mass is 16.7. The van der Waals surface area contributed by atoms with E-state index in [2.05, 4.69) is 28.2 Å². The zero-order valence-electron chi connectivity index (χ0n) is 5.85. The van der Waals surface area contributed by atoms with Crippen LogP contribution in [0.1, 0.15) is 6.42 Å². The van der Waals surface area contributed by atoms with Crippen molar-refractivity contribution < 1.29 is 14.3 Å². The number of carbonyl (C=O) groups is 1. The lowest BCUT2D eigenvalue weighted by Crippen LogP contribution is -2.04. The minimum absolute atomic E-state index is 0.259. The van der Waals surface area contributed by atoms with Gasteiger partial charge in [0.05, 0.1) is 7.11 Å². The van der Waals surface area contributed by atoms with Gasteiger partial charge in [0.15, 0.2) is 0 Å². The van der Waals surface area contributed by atoms with Crippen LogP contribution in [-0.4, -0.2) is 19.9 Å². The third-order valence-electron chi connectivity index (χ3n) is 0.739. The van der Waals surface area contributed by atoms with Gasteiger partial charge in [-0.2, -0.15) is 0 Å². The molecule has 3 heteroatoms. The Labute approximate surface area is 60.3 Å². The van der Waals surface area contributed by atoms with E-state index < -0.39 is 6.16 Å². The summed E-state index contributed by atoms with van der Waals surface area (Å²) in [6.07, 6.45) is -0.177. The van der Waals surface area contributed by atoms with Gasteiger partial charge in [0.1, 0.15) is 6.61 Å². The van der Waals surface area contributed by atoms with E-state index in [1.54, 1.807) is 0 Å². The first-order valence-corrected chi connectivity index (χ1v) is 2.77. The first-order valence-electron chi connectivity index (χ1n) is 2.77. The smallest absolute Gasteiger partial charge is 0.438 e. The Morgan fingerprint density at radius 2 is 2.40 bits per heavy atom. The van der Waals surface area contributed by atoms with Gasteiger partial charge < -0.3 is 9.47 Å². The quantitative estimate of drug-likeness (QED) is 0.327. The van der Waals surface area contributed by atoms with E-state index in [4.69, 9.17) is 0 Å². The lowest BCUT2D eigenvalue weighted by molar-refractivity contribution is 0.0745. The Hall–Kier alpha value is -1.17. The molecule has 0 fully saturated rings. The van der Waals surface area contributed by atoms with Crippen molar-refractivity contribution in [3.63, 3.8) is 0 Å². The third-order valence-corrected chi connectivity index (χ3v) is 0.739. The minimum atomic E-state index is -0.675. The number of methoxy groups -OCH3 is 1. The first kappa shape index (κ1) is 8.83. The molecule has 0 amide bonds. The molecule has 0 bridgehead atoms. The predicted octanol–water partition coefficient (Wildman–Crippen LogP) is 0.997. The van der Waals surface area contributed by atoms with Crippen molar-refractivity contribution in [2.75, 3.05) is 13.7 Å². The maximum absolute atomic E-state index is 10.3. The topological polar surface area (TPSA) is 35.5 Å². The summed E-state index contributed by atoms with van der Waals surface area (Å²) < 4.78 is 8.71. The largest absolute Gasteiger partial charge is 0.508 e. The number of hydrogen-bond donors (Lipinski definition) is 0. The minimum Gasteiger partial charge on any atom is -0.438 e. The summed E-state index contributed by atoms with van der Waals surface area (Å²) in [7, 11) is 1.26. The molecule has 55 valence electrons. The molecule has 0 unspecified atom stereocenters. The second-order valence-electron chi connectivity index (χ2n) is 1.41. The highest BCUT2D eigenvalue weighted by Crippen LogP contribution is 1.84. The number of hydrogen-bond acceptors (Lipinski definition) is 3. The van der Waals surface area contributed by atoms with E-state index in [1.165, 1.54) is 7.11 Å². The van der Waals surface area contributed by atoms with Gasteiger partial charge in [-0.3, -0.25) is 0 Å². The van der Waals surface area contributed by atoms with E-state index in [-0.39, 0.29) is 6.61 Å². The van der Waals surface area contributed by atoms with Gasteiger partial charge in [0.25, 0.3) is 0 Å². The first-order chi connectivity index (χ1) is 4.81. The molecular weight excluding hydrogens is 132 g/mol. The van der Waals surface area contributed by atoms with Crippen LogP contribution >= 0.6 is 0 Å². The molecule has 0 atom stereocenters. The number of rotatable bonds is 2. The Morgan fingerprint density at radius 3 is 2.90 bits per heavy atom. The fraction of sp³-hybridized carbons (Fsp3) is 0.429. The van der Waals surface area contributed by atoms with E-state index in [0.29, 0.717) is 6.42 Å². The zero-order valence-corrected chi connectivity index (χ0v) is 5.85. The fourth-order valence-electron chi connectivity index (χ4n) is 0.333. The van der Waals surface area contributed by atoms with E-state index in [1.807, 2.05) is 0 Å². The van der Waals surface area contributed by atoms with Gasteiger partial charge in [-0.15, -0.1) is 5.92 Å². The molecule has 3 nitrogen and oxygen atoms in total. The van der Waals surface area contributed by atoms with Crippen LogP contribution in [0.25, 0.3) is 0 Å². The highest BCUT2D eigenvalue weighted by molar-refractivity contribution is 5.59. The molecule has 0 saturated heterocycles. The van der Waals surface area contributed by atoms with Gasteiger partial charge >= 0.3 is 6.16 Å². The van der Waals surface area contributed by atoms with Crippen LogP contribution in [0.4, 0.5) is 4.79 Å². The fourth-order valence-corrected chi connectivity index (χ4v) is 0.333. The van der Waals surface area contributed by atoms with Crippen molar-refractivity contribution in [3.05, 3.63) is 6.92 Å². The Bertz CT molecular complexity index is 152. The molecule has 1 radical (unpaired) electrons. The van der Waals surface area contributed by atoms with Gasteiger partial charge in [-0.1, -0.05) is 5.92 Å². The lowest BCUT2D eigenvalue weighted by atomic mass is 10.4. The van der Waals surface area contributed by atoms with Crippen LogP contribution in [0.3, 0.4) is 0 Å². The lowest BCUT2D eigenvalue weighted by Gasteiger charge is -1.97. The van der Waals surface area contributed by atoms with Gasteiger partial charge in [-0.05, 0) is 0 Å². The summed E-state index contributed by atoms with van der Waals surface area (Å²) in [5.74, 6) is 5.06. The third kappa shape index (κ3) is 4.98. The molecule has 0 N–H and O–H groups in total. The standard InChI is InChI=1S/C7H9O3/c1-3-4-5-6-10-7(8)9-2/h1,5-6H2,2H3. The SMILES string of the molecule is [CH2]C#CCCOC(=O)OC. The van der Waals surface area contributed by atoms with Crippen LogP contribution < -0.4 is 0 Å². The summed E-state index contributed by atoms with van der Waals surface area (Å²) in [5.41, 5.74) is 0. The van der Waals surface area contributed by atoms with E-state index >= 15 is 0 Å². The molecule has 0 aliphatic carbocycles. The van der Waals surface area contributed by atoms with Crippen LogP contribution in [0, 0.1) is 18.8 Å². The highest BCUT2D eigenvalue weighted by Gasteiger charge is 1.96. The van der Waals surface area contributed by atoms with Gasteiger partial charge in [-0.25, -0.2) is 4.79 Å². The Kier molecular flexibility index (Phi) is 5.26. The molecule has 10 heavy (non-hydrogen) atoms. The molecule has 0 aromatic carbocycles. The van der Waals surface area contributed by atoms with Gasteiger partial charge in [0.2, 0.25) is 0 Å². The van der Waals surface area contributed by atoms with Crippen LogP contribution in [0.2, 0.25) is 0 Å². The zero-order chi connectivity index (χ0) is 7.82. The molecular formula is C7H9O3.